The molecule has 0 bridgehead atoms. The molecule has 0 aromatic heterocycles. The van der Waals surface area contributed by atoms with Gasteiger partial charge in [0.05, 0.1) is 14.2 Å². The van der Waals surface area contributed by atoms with Gasteiger partial charge in [0, 0.05) is 10.4 Å². The molecule has 0 saturated carbocycles. The summed E-state index contributed by atoms with van der Waals surface area (Å²) in [5, 5.41) is 0. The van der Waals surface area contributed by atoms with E-state index < -0.39 is 0 Å². The minimum Gasteiger partial charge on any atom is -0.497 e. The van der Waals surface area contributed by atoms with Crippen LogP contribution in [0.15, 0.2) is 18.2 Å². The number of halogens is 1. The molecule has 108 valence electrons. The lowest BCUT2D eigenvalue weighted by molar-refractivity contribution is 0.387. The van der Waals surface area contributed by atoms with Gasteiger partial charge in [0.15, 0.2) is 0 Å². The van der Waals surface area contributed by atoms with Crippen LogP contribution in [0, 0.1) is 5.92 Å². The third-order valence-corrected chi connectivity index (χ3v) is 4.84. The average molecular weight is 329 g/mol. The van der Waals surface area contributed by atoms with Crippen molar-refractivity contribution in [2.45, 2.75) is 44.4 Å². The zero-order valence-corrected chi connectivity index (χ0v) is 14.0. The zero-order chi connectivity index (χ0) is 14.3. The molecule has 2 atom stereocenters. The summed E-state index contributed by atoms with van der Waals surface area (Å²) in [5.41, 5.74) is 1.19. The van der Waals surface area contributed by atoms with E-state index in [9.17, 15) is 0 Å². The quantitative estimate of drug-likeness (QED) is 0.598. The smallest absolute Gasteiger partial charge is 0.123 e. The van der Waals surface area contributed by atoms with Gasteiger partial charge in [-0.25, -0.2) is 0 Å². The predicted molar refractivity (Wildman–Crippen MR) is 84.5 cm³/mol. The molecular formula is C16H25BrO2. The van der Waals surface area contributed by atoms with Crippen LogP contribution in [0.2, 0.25) is 0 Å². The Bertz CT molecular complexity index is 379. The van der Waals surface area contributed by atoms with Crippen LogP contribution in [-0.2, 0) is 0 Å². The average Bonchev–Trinajstić information content (AvgIpc) is 2.47. The van der Waals surface area contributed by atoms with Crippen LogP contribution in [-0.4, -0.2) is 14.2 Å². The fourth-order valence-corrected chi connectivity index (χ4v) is 3.33. The van der Waals surface area contributed by atoms with Crippen molar-refractivity contribution in [1.29, 1.82) is 0 Å². The molecule has 0 N–H and O–H groups in total. The van der Waals surface area contributed by atoms with Crippen LogP contribution in [0.4, 0.5) is 0 Å². The summed E-state index contributed by atoms with van der Waals surface area (Å²) in [4.78, 5) is 0.314. The van der Waals surface area contributed by atoms with Gasteiger partial charge >= 0.3 is 0 Å². The molecule has 0 aliphatic rings. The predicted octanol–water partition coefficient (Wildman–Crippen LogP) is 5.36. The van der Waals surface area contributed by atoms with E-state index in [-0.39, 0.29) is 0 Å². The minimum absolute atomic E-state index is 0.314. The number of hydrogen-bond donors (Lipinski definition) is 0. The van der Waals surface area contributed by atoms with Gasteiger partial charge < -0.3 is 9.47 Å². The maximum atomic E-state index is 5.48. The number of unbranched alkanes of at least 4 members (excludes halogenated alkanes) is 1. The Labute approximate surface area is 125 Å². The molecule has 3 heteroatoms. The second-order valence-corrected chi connectivity index (χ2v) is 5.81. The fraction of sp³-hybridized carbons (Fsp3) is 0.625. The van der Waals surface area contributed by atoms with Gasteiger partial charge in [-0.05, 0) is 30.5 Å². The first kappa shape index (κ1) is 16.4. The Morgan fingerprint density at radius 3 is 2.42 bits per heavy atom. The van der Waals surface area contributed by atoms with Crippen molar-refractivity contribution in [1.82, 2.24) is 0 Å². The Balaban J connectivity index is 2.97. The number of methoxy groups -OCH3 is 2. The summed E-state index contributed by atoms with van der Waals surface area (Å²) >= 11 is 3.86. The van der Waals surface area contributed by atoms with E-state index in [1.54, 1.807) is 14.2 Å². The van der Waals surface area contributed by atoms with E-state index in [0.29, 0.717) is 10.7 Å². The van der Waals surface area contributed by atoms with E-state index in [4.69, 9.17) is 9.47 Å². The molecule has 0 aliphatic heterocycles. The summed E-state index contributed by atoms with van der Waals surface area (Å²) in [7, 11) is 3.42. The highest BCUT2D eigenvalue weighted by atomic mass is 79.9. The van der Waals surface area contributed by atoms with Gasteiger partial charge in [-0.3, -0.25) is 0 Å². The summed E-state index contributed by atoms with van der Waals surface area (Å²) < 4.78 is 10.8. The molecule has 0 spiro atoms. The van der Waals surface area contributed by atoms with E-state index >= 15 is 0 Å². The maximum Gasteiger partial charge on any atom is 0.123 e. The summed E-state index contributed by atoms with van der Waals surface area (Å²) in [5.74, 6) is 2.43. The van der Waals surface area contributed by atoms with Crippen molar-refractivity contribution < 1.29 is 9.47 Å². The van der Waals surface area contributed by atoms with Crippen LogP contribution in [0.25, 0.3) is 0 Å². The number of ether oxygens (including phenoxy) is 2. The SMILES string of the molecule is CCCCC(CC)C(Br)c1cc(OC)ccc1OC. The molecule has 1 rings (SSSR count). The second kappa shape index (κ2) is 8.47. The van der Waals surface area contributed by atoms with E-state index in [1.165, 1.54) is 24.8 Å². The standard InChI is InChI=1S/C16H25BrO2/c1-5-7-8-12(6-2)16(17)14-11-13(18-3)9-10-15(14)19-4/h9-12,16H,5-8H2,1-4H3. The highest BCUT2D eigenvalue weighted by molar-refractivity contribution is 9.09. The number of benzene rings is 1. The zero-order valence-electron chi connectivity index (χ0n) is 12.4. The van der Waals surface area contributed by atoms with Crippen molar-refractivity contribution in [2.24, 2.45) is 5.92 Å². The van der Waals surface area contributed by atoms with Gasteiger partial charge in [-0.2, -0.15) is 0 Å². The number of rotatable bonds is 8. The second-order valence-electron chi connectivity index (χ2n) is 4.82. The molecular weight excluding hydrogens is 304 g/mol. The fourth-order valence-electron chi connectivity index (χ4n) is 2.33. The van der Waals surface area contributed by atoms with Gasteiger partial charge in [-0.1, -0.05) is 49.0 Å². The first-order valence-electron chi connectivity index (χ1n) is 7.03. The topological polar surface area (TPSA) is 18.5 Å². The molecule has 0 fully saturated rings. The van der Waals surface area contributed by atoms with Gasteiger partial charge in [0.1, 0.15) is 11.5 Å². The molecule has 0 heterocycles. The Morgan fingerprint density at radius 1 is 1.16 bits per heavy atom. The van der Waals surface area contributed by atoms with E-state index in [2.05, 4.69) is 35.8 Å². The first-order valence-corrected chi connectivity index (χ1v) is 7.95. The molecule has 1 aromatic carbocycles. The van der Waals surface area contributed by atoms with E-state index in [0.717, 1.165) is 17.9 Å². The normalized spacial score (nSPS) is 13.9. The summed E-state index contributed by atoms with van der Waals surface area (Å²) in [6.45, 7) is 4.49. The Morgan fingerprint density at radius 2 is 1.89 bits per heavy atom. The van der Waals surface area contributed by atoms with Crippen LogP contribution in [0.3, 0.4) is 0 Å². The molecule has 0 radical (unpaired) electrons. The lowest BCUT2D eigenvalue weighted by Gasteiger charge is -2.23. The molecule has 2 nitrogen and oxygen atoms in total. The lowest BCUT2D eigenvalue weighted by atomic mass is 9.91. The summed E-state index contributed by atoms with van der Waals surface area (Å²) in [6, 6.07) is 6.00. The Hall–Kier alpha value is -0.700. The maximum absolute atomic E-state index is 5.48. The molecule has 0 amide bonds. The van der Waals surface area contributed by atoms with Crippen LogP contribution in [0.1, 0.15) is 49.9 Å². The third-order valence-electron chi connectivity index (χ3n) is 3.60. The van der Waals surface area contributed by atoms with Gasteiger partial charge in [0.25, 0.3) is 0 Å². The van der Waals surface area contributed by atoms with E-state index in [1.807, 2.05) is 12.1 Å². The highest BCUT2D eigenvalue weighted by Crippen LogP contribution is 2.41. The molecule has 1 aromatic rings. The summed E-state index contributed by atoms with van der Waals surface area (Å²) in [6.07, 6.45) is 4.91. The van der Waals surface area contributed by atoms with Crippen molar-refractivity contribution in [3.8, 4) is 11.5 Å². The number of alkyl halides is 1. The van der Waals surface area contributed by atoms with Crippen LogP contribution in [0.5, 0.6) is 11.5 Å². The molecule has 0 aliphatic carbocycles. The molecule has 19 heavy (non-hydrogen) atoms. The molecule has 0 saturated heterocycles. The minimum atomic E-state index is 0.314. The van der Waals surface area contributed by atoms with Crippen molar-refractivity contribution in [3.05, 3.63) is 23.8 Å². The lowest BCUT2D eigenvalue weighted by Crippen LogP contribution is -2.08. The largest absolute Gasteiger partial charge is 0.497 e. The van der Waals surface area contributed by atoms with Crippen LogP contribution >= 0.6 is 15.9 Å². The van der Waals surface area contributed by atoms with Gasteiger partial charge in [-0.15, -0.1) is 0 Å². The first-order chi connectivity index (χ1) is 9.17. The highest BCUT2D eigenvalue weighted by Gasteiger charge is 2.22. The third kappa shape index (κ3) is 4.41. The van der Waals surface area contributed by atoms with Gasteiger partial charge in [0.2, 0.25) is 0 Å². The molecule has 2 unspecified atom stereocenters. The van der Waals surface area contributed by atoms with Crippen LogP contribution < -0.4 is 9.47 Å². The number of hydrogen-bond acceptors (Lipinski definition) is 2. The van der Waals surface area contributed by atoms with Crippen molar-refractivity contribution in [2.75, 3.05) is 14.2 Å². The van der Waals surface area contributed by atoms with Crippen molar-refractivity contribution >= 4 is 15.9 Å². The Kier molecular flexibility index (Phi) is 7.29. The van der Waals surface area contributed by atoms with Crippen molar-refractivity contribution in [3.63, 3.8) is 0 Å². The monoisotopic (exact) mass is 328 g/mol.